The highest BCUT2D eigenvalue weighted by Crippen LogP contribution is 2.62. The molecule has 0 bridgehead atoms. The van der Waals surface area contributed by atoms with Crippen molar-refractivity contribution in [2.24, 2.45) is 10.8 Å². The standard InChI is InChI=1S/C27H26F4N2O2/c1-25-13-18-15-32-33(22-7-5-21(28)6-8-22)23(18)12-19(25)9-10-26(25,16-34)14-24(35)17-3-2-4-20(11-17)27(29,30)31/h2-8,11-12,15,24,34-35H,9-10,13-14,16H2,1H3. The molecule has 0 aliphatic heterocycles. The SMILES string of the molecule is CC12Cc3cnn(-c4ccc(F)cc4)c3C=C1CCC2(CO)CC(O)c1cccc(C(F)(F)F)c1. The molecule has 0 spiro atoms. The molecule has 3 unspecified atom stereocenters. The van der Waals surface area contributed by atoms with E-state index in [1.54, 1.807) is 23.0 Å². The maximum absolute atomic E-state index is 13.4. The van der Waals surface area contributed by atoms with Gasteiger partial charge in [-0.3, -0.25) is 0 Å². The molecule has 0 radical (unpaired) electrons. The molecule has 0 amide bonds. The Kier molecular flexibility index (Phi) is 5.64. The largest absolute Gasteiger partial charge is 0.416 e. The summed E-state index contributed by atoms with van der Waals surface area (Å²) in [5, 5.41) is 26.1. The van der Waals surface area contributed by atoms with E-state index in [4.69, 9.17) is 0 Å². The first-order chi connectivity index (χ1) is 16.6. The quantitative estimate of drug-likeness (QED) is 0.444. The van der Waals surface area contributed by atoms with Crippen molar-refractivity contribution >= 4 is 6.08 Å². The number of hydrogen-bond donors (Lipinski definition) is 2. The van der Waals surface area contributed by atoms with Gasteiger partial charge in [0.2, 0.25) is 0 Å². The number of alkyl halides is 3. The molecule has 2 aliphatic rings. The van der Waals surface area contributed by atoms with Crippen LogP contribution in [0.4, 0.5) is 17.6 Å². The minimum atomic E-state index is -4.50. The van der Waals surface area contributed by atoms with Gasteiger partial charge in [0.1, 0.15) is 5.82 Å². The van der Waals surface area contributed by atoms with E-state index in [9.17, 15) is 27.8 Å². The summed E-state index contributed by atoms with van der Waals surface area (Å²) in [7, 11) is 0. The number of allylic oxidation sites excluding steroid dienone is 1. The zero-order valence-electron chi connectivity index (χ0n) is 19.2. The number of rotatable bonds is 5. The van der Waals surface area contributed by atoms with Crippen LogP contribution in [0.3, 0.4) is 0 Å². The molecule has 3 aromatic rings. The highest BCUT2D eigenvalue weighted by Gasteiger charge is 2.56. The zero-order valence-corrected chi connectivity index (χ0v) is 19.2. The molecular weight excluding hydrogens is 460 g/mol. The molecule has 2 aliphatic carbocycles. The highest BCUT2D eigenvalue weighted by molar-refractivity contribution is 5.62. The summed E-state index contributed by atoms with van der Waals surface area (Å²) >= 11 is 0. The summed E-state index contributed by atoms with van der Waals surface area (Å²) in [5.74, 6) is -0.330. The van der Waals surface area contributed by atoms with Gasteiger partial charge in [0, 0.05) is 17.4 Å². The molecule has 1 fully saturated rings. The van der Waals surface area contributed by atoms with Gasteiger partial charge in [0.15, 0.2) is 0 Å². The maximum Gasteiger partial charge on any atom is 0.416 e. The molecule has 2 aromatic carbocycles. The van der Waals surface area contributed by atoms with E-state index >= 15 is 0 Å². The van der Waals surface area contributed by atoms with Crippen LogP contribution in [-0.2, 0) is 12.6 Å². The molecule has 2 N–H and O–H groups in total. The minimum absolute atomic E-state index is 0.139. The summed E-state index contributed by atoms with van der Waals surface area (Å²) in [5.41, 5.74) is 1.90. The second kappa shape index (κ2) is 8.31. The Labute approximate surface area is 200 Å². The first-order valence-corrected chi connectivity index (χ1v) is 11.6. The van der Waals surface area contributed by atoms with Crippen LogP contribution in [0.1, 0.15) is 54.7 Å². The molecule has 4 nitrogen and oxygen atoms in total. The molecule has 5 rings (SSSR count). The average molecular weight is 487 g/mol. The summed E-state index contributed by atoms with van der Waals surface area (Å²) in [6.45, 7) is 1.86. The van der Waals surface area contributed by atoms with E-state index < -0.39 is 28.7 Å². The summed E-state index contributed by atoms with van der Waals surface area (Å²) < 4.78 is 54.7. The highest BCUT2D eigenvalue weighted by atomic mass is 19.4. The van der Waals surface area contributed by atoms with Gasteiger partial charge in [0.05, 0.1) is 29.2 Å². The fourth-order valence-corrected chi connectivity index (χ4v) is 5.87. The van der Waals surface area contributed by atoms with Crippen molar-refractivity contribution in [2.75, 3.05) is 6.61 Å². The third kappa shape index (κ3) is 3.89. The first kappa shape index (κ1) is 23.8. The Bertz CT molecular complexity index is 1280. The van der Waals surface area contributed by atoms with Gasteiger partial charge >= 0.3 is 6.18 Å². The predicted octanol–water partition coefficient (Wildman–Crippen LogP) is 5.87. The van der Waals surface area contributed by atoms with E-state index in [-0.39, 0.29) is 24.4 Å². The number of fused-ring (bicyclic) bond motifs is 2. The second-order valence-electron chi connectivity index (χ2n) is 9.90. The Morgan fingerprint density at radius 1 is 1.14 bits per heavy atom. The number of hydrogen-bond acceptors (Lipinski definition) is 3. The smallest absolute Gasteiger partial charge is 0.396 e. The van der Waals surface area contributed by atoms with Gasteiger partial charge in [-0.25, -0.2) is 9.07 Å². The van der Waals surface area contributed by atoms with Gasteiger partial charge in [-0.2, -0.15) is 18.3 Å². The van der Waals surface area contributed by atoms with Gasteiger partial charge < -0.3 is 10.2 Å². The van der Waals surface area contributed by atoms with Crippen molar-refractivity contribution in [3.8, 4) is 5.69 Å². The van der Waals surface area contributed by atoms with Crippen molar-refractivity contribution in [2.45, 2.75) is 44.9 Å². The number of aromatic nitrogens is 2. The van der Waals surface area contributed by atoms with E-state index in [0.29, 0.717) is 19.3 Å². The fourth-order valence-electron chi connectivity index (χ4n) is 5.87. The number of aliphatic hydroxyl groups excluding tert-OH is 2. The molecule has 1 saturated carbocycles. The van der Waals surface area contributed by atoms with Crippen molar-refractivity contribution in [1.82, 2.24) is 9.78 Å². The molecule has 1 aromatic heterocycles. The van der Waals surface area contributed by atoms with E-state index in [0.717, 1.165) is 34.7 Å². The number of aliphatic hydroxyl groups is 2. The number of nitrogens with zero attached hydrogens (tertiary/aromatic N) is 2. The lowest BCUT2D eigenvalue weighted by Gasteiger charge is -2.46. The molecule has 35 heavy (non-hydrogen) atoms. The van der Waals surface area contributed by atoms with Crippen LogP contribution in [0, 0.1) is 16.6 Å². The monoisotopic (exact) mass is 486 g/mol. The zero-order chi connectivity index (χ0) is 25.0. The van der Waals surface area contributed by atoms with Crippen molar-refractivity contribution < 1.29 is 27.8 Å². The van der Waals surface area contributed by atoms with Crippen LogP contribution in [0.5, 0.6) is 0 Å². The molecule has 1 heterocycles. The maximum atomic E-state index is 13.4. The number of benzene rings is 2. The van der Waals surface area contributed by atoms with E-state index in [1.807, 2.05) is 0 Å². The normalized spacial score (nSPS) is 24.6. The molecule has 8 heteroatoms. The molecule has 3 atom stereocenters. The van der Waals surface area contributed by atoms with Crippen LogP contribution in [0.15, 0.2) is 60.3 Å². The van der Waals surface area contributed by atoms with Crippen LogP contribution in [0.25, 0.3) is 11.8 Å². The summed E-state index contributed by atoms with van der Waals surface area (Å²) in [4.78, 5) is 0. The minimum Gasteiger partial charge on any atom is -0.396 e. The van der Waals surface area contributed by atoms with E-state index in [1.165, 1.54) is 24.3 Å². The molecule has 0 saturated heterocycles. The van der Waals surface area contributed by atoms with Gasteiger partial charge in [-0.1, -0.05) is 24.6 Å². The Morgan fingerprint density at radius 2 is 1.89 bits per heavy atom. The van der Waals surface area contributed by atoms with Gasteiger partial charge in [-0.15, -0.1) is 0 Å². The average Bonchev–Trinajstić information content (AvgIpc) is 3.35. The van der Waals surface area contributed by atoms with Crippen molar-refractivity contribution in [3.63, 3.8) is 0 Å². The predicted molar refractivity (Wildman–Crippen MR) is 123 cm³/mol. The van der Waals surface area contributed by atoms with Crippen LogP contribution >= 0.6 is 0 Å². The fraction of sp³-hybridized carbons (Fsp3) is 0.370. The van der Waals surface area contributed by atoms with Crippen LogP contribution < -0.4 is 0 Å². The third-order valence-electron chi connectivity index (χ3n) is 8.05. The Morgan fingerprint density at radius 3 is 2.57 bits per heavy atom. The molecule has 184 valence electrons. The molecular formula is C27H26F4N2O2. The van der Waals surface area contributed by atoms with E-state index in [2.05, 4.69) is 18.1 Å². The first-order valence-electron chi connectivity index (χ1n) is 11.6. The van der Waals surface area contributed by atoms with Crippen molar-refractivity contribution in [3.05, 3.63) is 88.5 Å². The van der Waals surface area contributed by atoms with Gasteiger partial charge in [0.25, 0.3) is 0 Å². The van der Waals surface area contributed by atoms with Crippen LogP contribution in [-0.4, -0.2) is 26.6 Å². The van der Waals surface area contributed by atoms with Crippen LogP contribution in [0.2, 0.25) is 0 Å². The summed E-state index contributed by atoms with van der Waals surface area (Å²) in [6, 6.07) is 10.8. The Hall–Kier alpha value is -2.97. The van der Waals surface area contributed by atoms with Gasteiger partial charge in [-0.05, 0) is 79.3 Å². The van der Waals surface area contributed by atoms with Crippen molar-refractivity contribution in [1.29, 1.82) is 0 Å². The lowest BCUT2D eigenvalue weighted by atomic mass is 9.59. The lowest BCUT2D eigenvalue weighted by molar-refractivity contribution is -0.137. The third-order valence-corrected chi connectivity index (χ3v) is 8.05. The number of halogens is 4. The second-order valence-corrected chi connectivity index (χ2v) is 9.90. The topological polar surface area (TPSA) is 58.3 Å². The lowest BCUT2D eigenvalue weighted by Crippen LogP contribution is -2.43. The summed E-state index contributed by atoms with van der Waals surface area (Å²) in [6.07, 6.45) is 0.194. The Balaban J connectivity index is 1.46.